The van der Waals surface area contributed by atoms with Crippen molar-refractivity contribution >= 4 is 11.7 Å². The zero-order chi connectivity index (χ0) is 18.4. The lowest BCUT2D eigenvalue weighted by Gasteiger charge is -2.22. The largest absolute Gasteiger partial charge is 0.323 e. The number of rotatable bonds is 3. The topological polar surface area (TPSA) is 59.4 Å². The van der Waals surface area contributed by atoms with Crippen LogP contribution in [0.3, 0.4) is 0 Å². The molecule has 0 bridgehead atoms. The van der Waals surface area contributed by atoms with Crippen LogP contribution in [0.5, 0.6) is 0 Å². The molecule has 0 radical (unpaired) electrons. The second-order valence-corrected chi connectivity index (χ2v) is 6.72. The second-order valence-electron chi connectivity index (χ2n) is 6.72. The monoisotopic (exact) mass is 348 g/mol. The number of hydrogen-bond acceptors (Lipinski definition) is 3. The Morgan fingerprint density at radius 3 is 2.46 bits per heavy atom. The fourth-order valence-corrected chi connectivity index (χ4v) is 3.11. The van der Waals surface area contributed by atoms with Crippen LogP contribution in [0.25, 0.3) is 0 Å². The van der Waals surface area contributed by atoms with E-state index in [4.69, 9.17) is 5.26 Å². The van der Waals surface area contributed by atoms with Gasteiger partial charge in [-0.25, -0.2) is 4.79 Å². The molecule has 0 aliphatic carbocycles. The van der Waals surface area contributed by atoms with E-state index in [1.165, 1.54) is 11.1 Å². The van der Waals surface area contributed by atoms with Crippen LogP contribution in [0.15, 0.2) is 48.5 Å². The van der Waals surface area contributed by atoms with Crippen LogP contribution < -0.4 is 5.32 Å². The molecular weight excluding hydrogens is 324 g/mol. The molecule has 26 heavy (non-hydrogen) atoms. The molecule has 0 atom stereocenters. The number of carbonyl (C=O) groups is 1. The maximum absolute atomic E-state index is 12.5. The van der Waals surface area contributed by atoms with E-state index >= 15 is 0 Å². The first-order valence-electron chi connectivity index (χ1n) is 8.98. The van der Waals surface area contributed by atoms with Crippen molar-refractivity contribution in [1.29, 1.82) is 5.26 Å². The minimum absolute atomic E-state index is 0.0333. The number of hydrogen-bond donors (Lipinski definition) is 1. The van der Waals surface area contributed by atoms with Crippen molar-refractivity contribution in [2.75, 3.05) is 31.5 Å². The molecule has 134 valence electrons. The Morgan fingerprint density at radius 1 is 1.04 bits per heavy atom. The average Bonchev–Trinajstić information content (AvgIpc) is 2.90. The first-order chi connectivity index (χ1) is 12.6. The fourth-order valence-electron chi connectivity index (χ4n) is 3.11. The highest BCUT2D eigenvalue weighted by molar-refractivity contribution is 5.89. The number of carbonyl (C=O) groups excluding carboxylic acids is 1. The maximum atomic E-state index is 12.5. The van der Waals surface area contributed by atoms with Crippen LogP contribution in [0, 0.1) is 18.3 Å². The highest BCUT2D eigenvalue weighted by Crippen LogP contribution is 2.13. The summed E-state index contributed by atoms with van der Waals surface area (Å²) in [4.78, 5) is 16.8. The molecule has 1 aliphatic heterocycles. The number of nitriles is 1. The van der Waals surface area contributed by atoms with Gasteiger partial charge in [0.15, 0.2) is 0 Å². The molecule has 3 rings (SSSR count). The third kappa shape index (κ3) is 4.84. The van der Waals surface area contributed by atoms with Gasteiger partial charge in [-0.1, -0.05) is 29.8 Å². The van der Waals surface area contributed by atoms with Crippen molar-refractivity contribution in [2.45, 2.75) is 19.9 Å². The predicted molar refractivity (Wildman–Crippen MR) is 103 cm³/mol. The van der Waals surface area contributed by atoms with E-state index in [2.05, 4.69) is 16.3 Å². The molecule has 5 nitrogen and oxygen atoms in total. The van der Waals surface area contributed by atoms with Crippen LogP contribution in [0.1, 0.15) is 23.1 Å². The van der Waals surface area contributed by atoms with Crippen molar-refractivity contribution in [2.24, 2.45) is 0 Å². The summed E-state index contributed by atoms with van der Waals surface area (Å²) in [6.07, 6.45) is 0.956. The summed E-state index contributed by atoms with van der Waals surface area (Å²) in [7, 11) is 0. The van der Waals surface area contributed by atoms with Crippen molar-refractivity contribution in [3.63, 3.8) is 0 Å². The summed E-state index contributed by atoms with van der Waals surface area (Å²) in [6, 6.07) is 17.7. The zero-order valence-electron chi connectivity index (χ0n) is 15.1. The molecule has 1 saturated heterocycles. The number of aryl methyl sites for hydroxylation is 1. The van der Waals surface area contributed by atoms with E-state index in [9.17, 15) is 4.79 Å². The number of anilines is 1. The first-order valence-corrected chi connectivity index (χ1v) is 8.98. The molecular formula is C21H24N4O. The Morgan fingerprint density at radius 2 is 1.77 bits per heavy atom. The van der Waals surface area contributed by atoms with Crippen molar-refractivity contribution < 1.29 is 4.79 Å². The fraction of sp³-hybridized carbons (Fsp3) is 0.333. The van der Waals surface area contributed by atoms with Gasteiger partial charge in [-0.2, -0.15) is 5.26 Å². The Balaban J connectivity index is 1.53. The number of nitrogens with one attached hydrogen (secondary N) is 1. The van der Waals surface area contributed by atoms with Crippen molar-refractivity contribution in [3.05, 3.63) is 65.2 Å². The minimum atomic E-state index is -0.0333. The number of amides is 2. The Bertz CT molecular complexity index is 777. The summed E-state index contributed by atoms with van der Waals surface area (Å²) in [5.74, 6) is 0. The van der Waals surface area contributed by atoms with Gasteiger partial charge < -0.3 is 10.2 Å². The molecule has 5 heteroatoms. The van der Waals surface area contributed by atoms with Crippen LogP contribution in [-0.2, 0) is 6.54 Å². The van der Waals surface area contributed by atoms with Crippen LogP contribution >= 0.6 is 0 Å². The molecule has 2 amide bonds. The summed E-state index contributed by atoms with van der Waals surface area (Å²) in [5.41, 5.74) is 3.89. The molecule has 0 spiro atoms. The lowest BCUT2D eigenvalue weighted by Crippen LogP contribution is -2.38. The summed E-state index contributed by atoms with van der Waals surface area (Å²) in [5, 5.41) is 11.9. The van der Waals surface area contributed by atoms with Crippen molar-refractivity contribution in [1.82, 2.24) is 9.80 Å². The number of benzene rings is 2. The normalized spacial score (nSPS) is 15.2. The summed E-state index contributed by atoms with van der Waals surface area (Å²) < 4.78 is 0. The van der Waals surface area contributed by atoms with E-state index in [0.717, 1.165) is 38.3 Å². The minimum Gasteiger partial charge on any atom is -0.323 e. The summed E-state index contributed by atoms with van der Waals surface area (Å²) >= 11 is 0. The first kappa shape index (κ1) is 18.0. The third-order valence-electron chi connectivity index (χ3n) is 4.67. The Labute approximate surface area is 154 Å². The Hall–Kier alpha value is -2.84. The third-order valence-corrected chi connectivity index (χ3v) is 4.67. The lowest BCUT2D eigenvalue weighted by atomic mass is 10.1. The maximum Gasteiger partial charge on any atom is 0.321 e. The molecule has 2 aromatic rings. The van der Waals surface area contributed by atoms with Gasteiger partial charge in [0.2, 0.25) is 0 Å². The van der Waals surface area contributed by atoms with Crippen LogP contribution in [-0.4, -0.2) is 42.0 Å². The Kier molecular flexibility index (Phi) is 5.88. The number of urea groups is 1. The van der Waals surface area contributed by atoms with Gasteiger partial charge in [-0.05, 0) is 43.2 Å². The standard InChI is InChI=1S/C21H24N4O/c1-17-3-9-20(10-4-17)23-21(26)25-12-2-11-24(13-14-25)16-19-7-5-18(15-22)6-8-19/h3-10H,2,11-14,16H2,1H3,(H,23,26). The molecule has 2 aromatic carbocycles. The zero-order valence-corrected chi connectivity index (χ0v) is 15.1. The second kappa shape index (κ2) is 8.50. The van der Waals surface area contributed by atoms with Gasteiger partial charge >= 0.3 is 6.03 Å². The SMILES string of the molecule is Cc1ccc(NC(=O)N2CCCN(Cc3ccc(C#N)cc3)CC2)cc1. The van der Waals surface area contributed by atoms with Gasteiger partial charge in [0.25, 0.3) is 0 Å². The van der Waals surface area contributed by atoms with Crippen LogP contribution in [0.4, 0.5) is 10.5 Å². The predicted octanol–water partition coefficient (Wildman–Crippen LogP) is 3.61. The highest BCUT2D eigenvalue weighted by atomic mass is 16.2. The van der Waals surface area contributed by atoms with E-state index in [0.29, 0.717) is 12.1 Å². The molecule has 0 unspecified atom stereocenters. The quantitative estimate of drug-likeness (QED) is 0.922. The van der Waals surface area contributed by atoms with Gasteiger partial charge in [0, 0.05) is 38.4 Å². The molecule has 1 heterocycles. The van der Waals surface area contributed by atoms with Gasteiger partial charge in [0.05, 0.1) is 11.6 Å². The molecule has 0 saturated carbocycles. The summed E-state index contributed by atoms with van der Waals surface area (Å²) in [6.45, 7) is 6.17. The lowest BCUT2D eigenvalue weighted by molar-refractivity contribution is 0.211. The van der Waals surface area contributed by atoms with Crippen LogP contribution in [0.2, 0.25) is 0 Å². The van der Waals surface area contributed by atoms with E-state index in [1.807, 2.05) is 60.4 Å². The number of nitrogens with zero attached hydrogens (tertiary/aromatic N) is 3. The molecule has 0 aromatic heterocycles. The smallest absolute Gasteiger partial charge is 0.321 e. The van der Waals surface area contributed by atoms with E-state index in [1.54, 1.807) is 0 Å². The molecule has 1 fully saturated rings. The van der Waals surface area contributed by atoms with Crippen molar-refractivity contribution in [3.8, 4) is 6.07 Å². The van der Waals surface area contributed by atoms with Gasteiger partial charge in [0.1, 0.15) is 0 Å². The molecule has 1 aliphatic rings. The van der Waals surface area contributed by atoms with E-state index in [-0.39, 0.29) is 6.03 Å². The average molecular weight is 348 g/mol. The van der Waals surface area contributed by atoms with Gasteiger partial charge in [-0.3, -0.25) is 4.90 Å². The van der Waals surface area contributed by atoms with Gasteiger partial charge in [-0.15, -0.1) is 0 Å². The molecule has 1 N–H and O–H groups in total. The van der Waals surface area contributed by atoms with E-state index < -0.39 is 0 Å². The highest BCUT2D eigenvalue weighted by Gasteiger charge is 2.19.